The smallest absolute Gasteiger partial charge is 0.165 e. The molecule has 0 saturated carbocycles. The summed E-state index contributed by atoms with van der Waals surface area (Å²) in [5, 5.41) is 8.96. The Balaban J connectivity index is 0.000000671. The van der Waals surface area contributed by atoms with Gasteiger partial charge in [-0.1, -0.05) is 20.8 Å². The molecule has 0 aliphatic rings. The van der Waals surface area contributed by atoms with Crippen LogP contribution in [0, 0.1) is 11.6 Å². The molecule has 0 aliphatic heterocycles. The van der Waals surface area contributed by atoms with Crippen molar-refractivity contribution in [3.63, 3.8) is 0 Å². The molecule has 1 N–H and O–H groups in total. The summed E-state index contributed by atoms with van der Waals surface area (Å²) in [7, 11) is 0. The second kappa shape index (κ2) is 5.51. The van der Waals surface area contributed by atoms with Gasteiger partial charge in [-0.2, -0.15) is 0 Å². The molecule has 74 valence electrons. The van der Waals surface area contributed by atoms with Gasteiger partial charge in [0.1, 0.15) is 5.82 Å². The molecule has 13 heavy (non-hydrogen) atoms. The van der Waals surface area contributed by atoms with Gasteiger partial charge in [0.15, 0.2) is 11.6 Å². The predicted octanol–water partition coefficient (Wildman–Crippen LogP) is 3.26. The lowest BCUT2D eigenvalue weighted by molar-refractivity contribution is 0.418. The Morgan fingerprint density at radius 2 is 1.62 bits per heavy atom. The van der Waals surface area contributed by atoms with Crippen molar-refractivity contribution in [3.05, 3.63) is 29.3 Å². The molecule has 0 saturated heterocycles. The minimum absolute atomic E-state index is 0.0324. The highest BCUT2D eigenvalue weighted by molar-refractivity contribution is 5.34. The largest absolute Gasteiger partial charge is 0.505 e. The minimum Gasteiger partial charge on any atom is -0.505 e. The van der Waals surface area contributed by atoms with Crippen molar-refractivity contribution >= 4 is 0 Å². The van der Waals surface area contributed by atoms with Crippen molar-refractivity contribution in [2.24, 2.45) is 0 Å². The van der Waals surface area contributed by atoms with Crippen LogP contribution < -0.4 is 0 Å². The fourth-order valence-electron chi connectivity index (χ4n) is 0.919. The number of hydrogen-bond acceptors (Lipinski definition) is 1. The summed E-state index contributed by atoms with van der Waals surface area (Å²) in [6.07, 6.45) is 0.287. The van der Waals surface area contributed by atoms with Crippen LogP contribution in [0.3, 0.4) is 0 Å². The highest BCUT2D eigenvalue weighted by Gasteiger charge is 2.09. The zero-order chi connectivity index (χ0) is 10.4. The Bertz CT molecular complexity index is 272. The van der Waals surface area contributed by atoms with Gasteiger partial charge in [0.25, 0.3) is 0 Å². The molecular weight excluding hydrogens is 174 g/mol. The van der Waals surface area contributed by atoms with Crippen LogP contribution in [-0.4, -0.2) is 5.11 Å². The first kappa shape index (κ1) is 11.9. The number of aromatic hydroxyl groups is 1. The molecule has 0 aromatic heterocycles. The maximum atomic E-state index is 12.7. The molecular formula is C10H14F2O. The first-order valence-electron chi connectivity index (χ1n) is 4.32. The van der Waals surface area contributed by atoms with Gasteiger partial charge in [-0.05, 0) is 18.6 Å². The highest BCUT2D eigenvalue weighted by atomic mass is 19.1. The molecule has 0 unspecified atom stereocenters. The Morgan fingerprint density at radius 3 is 2.00 bits per heavy atom. The van der Waals surface area contributed by atoms with E-state index in [9.17, 15) is 8.78 Å². The summed E-state index contributed by atoms with van der Waals surface area (Å²) in [6.45, 7) is 5.65. The van der Waals surface area contributed by atoms with Crippen LogP contribution in [0.5, 0.6) is 5.75 Å². The second-order valence-electron chi connectivity index (χ2n) is 2.21. The van der Waals surface area contributed by atoms with Gasteiger partial charge < -0.3 is 5.11 Å². The van der Waals surface area contributed by atoms with Crippen molar-refractivity contribution in [2.75, 3.05) is 0 Å². The molecule has 0 fully saturated rings. The summed E-state index contributed by atoms with van der Waals surface area (Å²) >= 11 is 0. The monoisotopic (exact) mass is 188 g/mol. The van der Waals surface area contributed by atoms with Crippen LogP contribution in [0.15, 0.2) is 12.1 Å². The van der Waals surface area contributed by atoms with Gasteiger partial charge >= 0.3 is 0 Å². The van der Waals surface area contributed by atoms with E-state index in [1.165, 1.54) is 0 Å². The number of benzene rings is 1. The van der Waals surface area contributed by atoms with Crippen LogP contribution in [-0.2, 0) is 6.42 Å². The maximum Gasteiger partial charge on any atom is 0.165 e. The normalized spacial score (nSPS) is 9.00. The van der Waals surface area contributed by atoms with Crippen LogP contribution in [0.2, 0.25) is 0 Å². The third kappa shape index (κ3) is 2.68. The van der Waals surface area contributed by atoms with Crippen molar-refractivity contribution in [3.8, 4) is 5.75 Å². The van der Waals surface area contributed by atoms with Crippen molar-refractivity contribution in [1.29, 1.82) is 0 Å². The zero-order valence-electron chi connectivity index (χ0n) is 8.06. The van der Waals surface area contributed by atoms with E-state index in [2.05, 4.69) is 0 Å². The Morgan fingerprint density at radius 1 is 1.15 bits per heavy atom. The fourth-order valence-corrected chi connectivity index (χ4v) is 0.919. The average Bonchev–Trinajstić information content (AvgIpc) is 2.16. The molecule has 0 radical (unpaired) electrons. The fraction of sp³-hybridized carbons (Fsp3) is 0.400. The summed E-state index contributed by atoms with van der Waals surface area (Å²) < 4.78 is 25.2. The van der Waals surface area contributed by atoms with Gasteiger partial charge in [0.2, 0.25) is 0 Å². The first-order valence-corrected chi connectivity index (χ1v) is 4.32. The third-order valence-corrected chi connectivity index (χ3v) is 1.53. The quantitative estimate of drug-likeness (QED) is 0.717. The van der Waals surface area contributed by atoms with E-state index in [4.69, 9.17) is 5.11 Å². The van der Waals surface area contributed by atoms with Gasteiger partial charge in [-0.3, -0.25) is 0 Å². The van der Waals surface area contributed by atoms with Crippen molar-refractivity contribution < 1.29 is 13.9 Å². The summed E-state index contributed by atoms with van der Waals surface area (Å²) in [5.41, 5.74) is 0.0324. The lowest BCUT2D eigenvalue weighted by atomic mass is 10.1. The SMILES string of the molecule is CC.CCc1c(F)ccc(F)c1O. The van der Waals surface area contributed by atoms with Crippen molar-refractivity contribution in [1.82, 2.24) is 0 Å². The molecule has 0 atom stereocenters. The molecule has 0 spiro atoms. The van der Waals surface area contributed by atoms with Crippen LogP contribution >= 0.6 is 0 Å². The lowest BCUT2D eigenvalue weighted by Gasteiger charge is -2.02. The third-order valence-electron chi connectivity index (χ3n) is 1.53. The van der Waals surface area contributed by atoms with E-state index in [-0.39, 0.29) is 12.0 Å². The summed E-state index contributed by atoms with van der Waals surface area (Å²) in [6, 6.07) is 1.91. The van der Waals surface area contributed by atoms with Gasteiger partial charge in [-0.15, -0.1) is 0 Å². The molecule has 3 heteroatoms. The Hall–Kier alpha value is -1.12. The Kier molecular flexibility index (Phi) is 5.04. The van der Waals surface area contributed by atoms with E-state index in [0.29, 0.717) is 0 Å². The van der Waals surface area contributed by atoms with E-state index >= 15 is 0 Å². The molecule has 1 nitrogen and oxygen atoms in total. The maximum absolute atomic E-state index is 12.7. The number of phenols is 1. The molecule has 0 aliphatic carbocycles. The molecule has 1 rings (SSSR count). The molecule has 0 amide bonds. The van der Waals surface area contributed by atoms with E-state index in [1.54, 1.807) is 6.92 Å². The van der Waals surface area contributed by atoms with E-state index < -0.39 is 17.4 Å². The zero-order valence-corrected chi connectivity index (χ0v) is 8.06. The first-order chi connectivity index (χ1) is 6.16. The lowest BCUT2D eigenvalue weighted by Crippen LogP contribution is -1.90. The second-order valence-corrected chi connectivity index (χ2v) is 2.21. The van der Waals surface area contributed by atoms with Crippen LogP contribution in [0.25, 0.3) is 0 Å². The Labute approximate surface area is 77.0 Å². The molecule has 0 heterocycles. The molecule has 0 bridgehead atoms. The van der Waals surface area contributed by atoms with Gasteiger partial charge in [-0.25, -0.2) is 8.78 Å². The summed E-state index contributed by atoms with van der Waals surface area (Å²) in [5.74, 6) is -1.91. The predicted molar refractivity (Wildman–Crippen MR) is 48.7 cm³/mol. The summed E-state index contributed by atoms with van der Waals surface area (Å²) in [4.78, 5) is 0. The molecule has 1 aromatic carbocycles. The number of halogens is 2. The van der Waals surface area contributed by atoms with Gasteiger partial charge in [0, 0.05) is 5.56 Å². The highest BCUT2D eigenvalue weighted by Crippen LogP contribution is 2.23. The topological polar surface area (TPSA) is 20.2 Å². The number of rotatable bonds is 1. The minimum atomic E-state index is -0.775. The van der Waals surface area contributed by atoms with Crippen molar-refractivity contribution in [2.45, 2.75) is 27.2 Å². The number of phenolic OH excluding ortho intramolecular Hbond substituents is 1. The van der Waals surface area contributed by atoms with Crippen LogP contribution in [0.1, 0.15) is 26.3 Å². The van der Waals surface area contributed by atoms with Gasteiger partial charge in [0.05, 0.1) is 0 Å². The standard InChI is InChI=1S/C8H8F2O.C2H6/c1-2-5-6(9)3-4-7(10)8(5)11;1-2/h3-4,11H,2H2,1H3;1-2H3. The van der Waals surface area contributed by atoms with Crippen LogP contribution in [0.4, 0.5) is 8.78 Å². The van der Waals surface area contributed by atoms with E-state index in [0.717, 1.165) is 12.1 Å². The average molecular weight is 188 g/mol. The number of hydrogen-bond donors (Lipinski definition) is 1. The molecule has 1 aromatic rings. The van der Waals surface area contributed by atoms with E-state index in [1.807, 2.05) is 13.8 Å².